The maximum absolute atomic E-state index is 8.88. The predicted molar refractivity (Wildman–Crippen MR) is 77.6 cm³/mol. The predicted octanol–water partition coefficient (Wildman–Crippen LogP) is 1.23. The van der Waals surface area contributed by atoms with Crippen LogP contribution in [-0.2, 0) is 4.79 Å². The number of carbonyl (C=O) groups excluding carboxylic acids is 1. The van der Waals surface area contributed by atoms with Crippen LogP contribution in [-0.4, -0.2) is 30.3 Å². The van der Waals surface area contributed by atoms with Crippen LogP contribution in [0.25, 0.3) is 0 Å². The van der Waals surface area contributed by atoms with Crippen molar-refractivity contribution in [1.29, 1.82) is 0 Å². The van der Waals surface area contributed by atoms with Crippen molar-refractivity contribution in [2.24, 2.45) is 4.99 Å². The maximum atomic E-state index is 8.88. The van der Waals surface area contributed by atoms with E-state index >= 15 is 0 Å². The molecule has 0 bridgehead atoms. The molecule has 1 aromatic carbocycles. The Morgan fingerprint density at radius 3 is 1.67 bits per heavy atom. The summed E-state index contributed by atoms with van der Waals surface area (Å²) in [6.07, 6.45) is 1.31. The molecule has 0 amide bonds. The average molecular weight is 249 g/mol. The number of nitrogens with zero attached hydrogens (tertiary/aromatic N) is 1. The van der Waals surface area contributed by atoms with Crippen molar-refractivity contribution < 1.29 is 14.8 Å². The van der Waals surface area contributed by atoms with E-state index in [4.69, 9.17) is 14.8 Å². The fourth-order valence-corrected chi connectivity index (χ4v) is 0.739. The SMILES string of the molecule is C=C.C=C.CN=C=O.Cc1ccc(B(O)O)cc1. The topological polar surface area (TPSA) is 69.9 Å². The third-order valence-corrected chi connectivity index (χ3v) is 1.47. The van der Waals surface area contributed by atoms with Gasteiger partial charge in [-0.2, -0.15) is 0 Å². The van der Waals surface area contributed by atoms with Crippen molar-refractivity contribution in [2.75, 3.05) is 7.05 Å². The Morgan fingerprint density at radius 1 is 1.11 bits per heavy atom. The molecule has 0 atom stereocenters. The molecule has 98 valence electrons. The molecule has 0 aliphatic rings. The molecule has 0 heterocycles. The molecular weight excluding hydrogens is 229 g/mol. The standard InChI is InChI=1S/C7H9BO2.C2H3NO.2C2H4/c1-6-2-4-7(5-3-6)8(9)10;1-3-2-4;2*1-2/h2-5,9-10H,1H3;1H3;2*1-2H2. The van der Waals surface area contributed by atoms with Crippen molar-refractivity contribution in [3.05, 3.63) is 56.1 Å². The quantitative estimate of drug-likeness (QED) is 0.340. The summed E-state index contributed by atoms with van der Waals surface area (Å²) in [4.78, 5) is 11.8. The number of aliphatic imine (C=N–C) groups is 1. The summed E-state index contributed by atoms with van der Waals surface area (Å²) in [5, 5.41) is 17.3. The average Bonchev–Trinajstić information content (AvgIpc) is 2.44. The molecule has 0 fully saturated rings. The third-order valence-electron chi connectivity index (χ3n) is 1.47. The largest absolute Gasteiger partial charge is 0.488 e. The number of aryl methyl sites for hydroxylation is 1. The van der Waals surface area contributed by atoms with Gasteiger partial charge in [0.15, 0.2) is 0 Å². The second-order valence-electron chi connectivity index (χ2n) is 2.60. The first-order valence-corrected chi connectivity index (χ1v) is 5.00. The van der Waals surface area contributed by atoms with Crippen LogP contribution in [0, 0.1) is 6.92 Å². The van der Waals surface area contributed by atoms with Gasteiger partial charge in [0.2, 0.25) is 6.08 Å². The first-order chi connectivity index (χ1) is 8.61. The zero-order valence-electron chi connectivity index (χ0n) is 11.0. The highest BCUT2D eigenvalue weighted by atomic mass is 16.4. The molecule has 0 saturated heterocycles. The number of rotatable bonds is 1. The van der Waals surface area contributed by atoms with Crippen LogP contribution < -0.4 is 5.46 Å². The molecule has 0 aliphatic heterocycles. The zero-order chi connectivity index (χ0) is 15.0. The van der Waals surface area contributed by atoms with E-state index < -0.39 is 7.12 Å². The molecule has 1 rings (SSSR count). The normalized spacial score (nSPS) is 6.67. The van der Waals surface area contributed by atoms with Crippen LogP contribution in [0.4, 0.5) is 0 Å². The highest BCUT2D eigenvalue weighted by Gasteiger charge is 2.08. The first-order valence-electron chi connectivity index (χ1n) is 5.00. The summed E-state index contributed by atoms with van der Waals surface area (Å²) < 4.78 is 0. The maximum Gasteiger partial charge on any atom is 0.488 e. The Kier molecular flexibility index (Phi) is 20.7. The Labute approximate surface area is 109 Å². The summed E-state index contributed by atoms with van der Waals surface area (Å²) in [5.74, 6) is 0. The summed E-state index contributed by atoms with van der Waals surface area (Å²) in [7, 11) is 0.0353. The fraction of sp³-hybridized carbons (Fsp3) is 0.154. The van der Waals surface area contributed by atoms with Gasteiger partial charge in [-0.05, 0) is 12.4 Å². The lowest BCUT2D eigenvalue weighted by molar-refractivity contribution is 0.426. The molecular formula is C13H20BNO3. The molecule has 0 aromatic heterocycles. The Balaban J connectivity index is -0.000000238. The molecule has 0 spiro atoms. The second kappa shape index (κ2) is 17.5. The lowest BCUT2D eigenvalue weighted by Gasteiger charge is -1.97. The van der Waals surface area contributed by atoms with Gasteiger partial charge < -0.3 is 10.0 Å². The first kappa shape index (κ1) is 21.4. The fourth-order valence-electron chi connectivity index (χ4n) is 0.739. The minimum absolute atomic E-state index is 0.533. The Bertz CT molecular complexity index is 331. The summed E-state index contributed by atoms with van der Waals surface area (Å²) >= 11 is 0. The van der Waals surface area contributed by atoms with Gasteiger partial charge in [-0.3, -0.25) is 0 Å². The minimum atomic E-state index is -1.35. The zero-order valence-corrected chi connectivity index (χ0v) is 11.0. The van der Waals surface area contributed by atoms with E-state index in [1.807, 2.05) is 19.1 Å². The van der Waals surface area contributed by atoms with Gasteiger partial charge in [0, 0.05) is 7.05 Å². The number of isocyanates is 1. The van der Waals surface area contributed by atoms with Gasteiger partial charge in [0.25, 0.3) is 0 Å². The molecule has 4 nitrogen and oxygen atoms in total. The monoisotopic (exact) mass is 249 g/mol. The lowest BCUT2D eigenvalue weighted by Crippen LogP contribution is -2.29. The molecule has 18 heavy (non-hydrogen) atoms. The van der Waals surface area contributed by atoms with Gasteiger partial charge in [-0.1, -0.05) is 29.8 Å². The summed E-state index contributed by atoms with van der Waals surface area (Å²) in [5.41, 5.74) is 1.65. The van der Waals surface area contributed by atoms with E-state index in [1.165, 1.54) is 13.1 Å². The van der Waals surface area contributed by atoms with E-state index in [0.29, 0.717) is 5.46 Å². The van der Waals surface area contributed by atoms with Gasteiger partial charge >= 0.3 is 7.12 Å². The Hall–Kier alpha value is -1.94. The second-order valence-corrected chi connectivity index (χ2v) is 2.60. The number of hydrogen-bond acceptors (Lipinski definition) is 4. The molecule has 0 radical (unpaired) electrons. The molecule has 2 N–H and O–H groups in total. The van der Waals surface area contributed by atoms with Gasteiger partial charge in [0.05, 0.1) is 0 Å². The lowest BCUT2D eigenvalue weighted by atomic mass is 9.80. The van der Waals surface area contributed by atoms with Crippen LogP contribution in [0.1, 0.15) is 5.56 Å². The van der Waals surface area contributed by atoms with Crippen molar-refractivity contribution in [2.45, 2.75) is 6.92 Å². The highest BCUT2D eigenvalue weighted by molar-refractivity contribution is 6.58. The molecule has 0 unspecified atom stereocenters. The Morgan fingerprint density at radius 2 is 1.44 bits per heavy atom. The summed E-state index contributed by atoms with van der Waals surface area (Å²) in [6.45, 7) is 14.0. The van der Waals surface area contributed by atoms with Crippen LogP contribution >= 0.6 is 0 Å². The third kappa shape index (κ3) is 14.1. The van der Waals surface area contributed by atoms with E-state index in [2.05, 4.69) is 31.3 Å². The molecule has 5 heteroatoms. The van der Waals surface area contributed by atoms with Crippen molar-refractivity contribution >= 4 is 18.7 Å². The smallest absolute Gasteiger partial charge is 0.423 e. The number of benzene rings is 1. The number of hydrogen-bond donors (Lipinski definition) is 2. The van der Waals surface area contributed by atoms with E-state index in [-0.39, 0.29) is 0 Å². The van der Waals surface area contributed by atoms with Gasteiger partial charge in [-0.25, -0.2) is 9.79 Å². The molecule has 0 saturated carbocycles. The minimum Gasteiger partial charge on any atom is -0.423 e. The van der Waals surface area contributed by atoms with Crippen molar-refractivity contribution in [3.8, 4) is 0 Å². The van der Waals surface area contributed by atoms with Crippen LogP contribution in [0.15, 0.2) is 55.6 Å². The van der Waals surface area contributed by atoms with Crippen LogP contribution in [0.3, 0.4) is 0 Å². The highest BCUT2D eigenvalue weighted by Crippen LogP contribution is 1.92. The van der Waals surface area contributed by atoms with Crippen molar-refractivity contribution in [3.63, 3.8) is 0 Å². The van der Waals surface area contributed by atoms with Crippen molar-refractivity contribution in [1.82, 2.24) is 0 Å². The van der Waals surface area contributed by atoms with Crippen LogP contribution in [0.2, 0.25) is 0 Å². The van der Waals surface area contributed by atoms with Gasteiger partial charge in [0.1, 0.15) is 0 Å². The van der Waals surface area contributed by atoms with Crippen LogP contribution in [0.5, 0.6) is 0 Å². The van der Waals surface area contributed by atoms with E-state index in [0.717, 1.165) is 5.56 Å². The van der Waals surface area contributed by atoms with E-state index in [9.17, 15) is 0 Å². The summed E-state index contributed by atoms with van der Waals surface area (Å²) in [6, 6.07) is 7.07. The molecule has 1 aromatic rings. The van der Waals surface area contributed by atoms with Gasteiger partial charge in [-0.15, -0.1) is 26.3 Å². The molecule has 0 aliphatic carbocycles. The van der Waals surface area contributed by atoms with E-state index in [1.54, 1.807) is 12.1 Å².